The van der Waals surface area contributed by atoms with E-state index in [1.165, 1.54) is 0 Å². The Kier molecular flexibility index (Phi) is 5.96. The third-order valence-corrected chi connectivity index (χ3v) is 6.76. The molecule has 0 aliphatic heterocycles. The molecule has 2 aromatic heterocycles. The van der Waals surface area contributed by atoms with Crippen molar-refractivity contribution in [3.05, 3.63) is 72.4 Å². The maximum absolute atomic E-state index is 13.3. The van der Waals surface area contributed by atoms with E-state index in [-0.39, 0.29) is 11.7 Å². The van der Waals surface area contributed by atoms with Crippen molar-refractivity contribution in [3.63, 3.8) is 0 Å². The Hall–Kier alpha value is -3.81. The third-order valence-electron chi connectivity index (χ3n) is 6.76. The highest BCUT2D eigenvalue weighted by Crippen LogP contribution is 2.41. The molecule has 1 saturated carbocycles. The van der Waals surface area contributed by atoms with Crippen LogP contribution in [0.25, 0.3) is 16.9 Å². The Labute approximate surface area is 199 Å². The Morgan fingerprint density at radius 1 is 1.06 bits per heavy atom. The molecular weight excluding hydrogens is 425 g/mol. The molecule has 1 amide bonds. The Morgan fingerprint density at radius 2 is 1.79 bits per heavy atom. The molecule has 34 heavy (non-hydrogen) atoms. The average Bonchev–Trinajstić information content (AvgIpc) is 3.51. The van der Waals surface area contributed by atoms with Gasteiger partial charge in [-0.05, 0) is 36.0 Å². The summed E-state index contributed by atoms with van der Waals surface area (Å²) >= 11 is 0. The van der Waals surface area contributed by atoms with Gasteiger partial charge in [-0.25, -0.2) is 4.98 Å². The lowest BCUT2D eigenvalue weighted by Crippen LogP contribution is -2.44. The summed E-state index contributed by atoms with van der Waals surface area (Å²) < 4.78 is 1.75. The van der Waals surface area contributed by atoms with Gasteiger partial charge in [0, 0.05) is 30.9 Å². The third kappa shape index (κ3) is 4.00. The van der Waals surface area contributed by atoms with Crippen LogP contribution in [0.1, 0.15) is 31.2 Å². The number of carbonyl (C=O) groups is 1. The quantitative estimate of drug-likeness (QED) is 0.295. The number of para-hydroxylation sites is 1. The molecule has 0 atom stereocenters. The van der Waals surface area contributed by atoms with Gasteiger partial charge < -0.3 is 15.7 Å². The van der Waals surface area contributed by atoms with Crippen LogP contribution < -0.4 is 16.1 Å². The van der Waals surface area contributed by atoms with E-state index in [4.69, 9.17) is 4.98 Å². The molecule has 8 heteroatoms. The standard InChI is InChI=1S/C26H28BN5O2/c27-20-17-30-32-23(16-21(31-24(20)32)19-10-4-5-11-22(19)33)28-14-15-29-25(34)26(12-6-7-13-26)18-8-2-1-3-9-18/h1-5,8-11,16-17,28,33H,6-7,12-15,27H2,(H,29,34). The fourth-order valence-electron chi connectivity index (χ4n) is 4.95. The van der Waals surface area contributed by atoms with Crippen LogP contribution in [0.3, 0.4) is 0 Å². The van der Waals surface area contributed by atoms with E-state index in [1.807, 2.05) is 44.2 Å². The van der Waals surface area contributed by atoms with Crippen LogP contribution in [-0.4, -0.2) is 46.5 Å². The van der Waals surface area contributed by atoms with Gasteiger partial charge in [0.2, 0.25) is 5.91 Å². The lowest BCUT2D eigenvalue weighted by atomic mass is 9.78. The number of phenolic OH excluding ortho intramolecular Hbond substituents is 1. The highest BCUT2D eigenvalue weighted by Gasteiger charge is 2.42. The molecule has 0 spiro atoms. The zero-order valence-electron chi connectivity index (χ0n) is 19.3. The van der Waals surface area contributed by atoms with E-state index in [9.17, 15) is 9.90 Å². The van der Waals surface area contributed by atoms with Crippen molar-refractivity contribution in [2.45, 2.75) is 31.1 Å². The summed E-state index contributed by atoms with van der Waals surface area (Å²) in [5.74, 6) is 1.03. The summed E-state index contributed by atoms with van der Waals surface area (Å²) in [5.41, 5.74) is 3.67. The maximum Gasteiger partial charge on any atom is 0.230 e. The number of hydrogen-bond donors (Lipinski definition) is 3. The van der Waals surface area contributed by atoms with Gasteiger partial charge in [-0.3, -0.25) is 4.79 Å². The van der Waals surface area contributed by atoms with Crippen molar-refractivity contribution in [1.29, 1.82) is 0 Å². The molecule has 2 heterocycles. The lowest BCUT2D eigenvalue weighted by molar-refractivity contribution is -0.126. The number of phenols is 1. The second-order valence-electron chi connectivity index (χ2n) is 8.94. The molecule has 0 radical (unpaired) electrons. The van der Waals surface area contributed by atoms with Crippen molar-refractivity contribution in [2.75, 3.05) is 18.4 Å². The van der Waals surface area contributed by atoms with E-state index >= 15 is 0 Å². The van der Waals surface area contributed by atoms with Crippen LogP contribution in [0.15, 0.2) is 66.9 Å². The second kappa shape index (κ2) is 9.21. The maximum atomic E-state index is 13.3. The second-order valence-corrected chi connectivity index (χ2v) is 8.94. The number of rotatable bonds is 7. The molecule has 0 unspecified atom stereocenters. The minimum atomic E-state index is -0.428. The van der Waals surface area contributed by atoms with Gasteiger partial charge in [0.05, 0.1) is 11.1 Å². The van der Waals surface area contributed by atoms with E-state index in [0.717, 1.165) is 48.2 Å². The minimum absolute atomic E-state index is 0.0997. The summed E-state index contributed by atoms with van der Waals surface area (Å²) in [4.78, 5) is 18.0. The molecule has 1 fully saturated rings. The molecular formula is C26H28BN5O2. The zero-order chi connectivity index (χ0) is 23.5. The predicted octanol–water partition coefficient (Wildman–Crippen LogP) is 2.40. The van der Waals surface area contributed by atoms with E-state index in [1.54, 1.807) is 22.8 Å². The summed E-state index contributed by atoms with van der Waals surface area (Å²) in [6.45, 7) is 1.03. The number of aromatic hydroxyl groups is 1. The van der Waals surface area contributed by atoms with Crippen molar-refractivity contribution in [3.8, 4) is 17.0 Å². The molecule has 2 aromatic carbocycles. The molecule has 5 rings (SSSR count). The summed E-state index contributed by atoms with van der Waals surface area (Å²) in [5, 5.41) is 21.3. The number of nitrogens with one attached hydrogen (secondary N) is 2. The predicted molar refractivity (Wildman–Crippen MR) is 136 cm³/mol. The normalized spacial score (nSPS) is 14.8. The minimum Gasteiger partial charge on any atom is -0.507 e. The Bertz CT molecular complexity index is 1320. The van der Waals surface area contributed by atoms with Gasteiger partial charge in [-0.15, -0.1) is 0 Å². The van der Waals surface area contributed by atoms with Crippen LogP contribution >= 0.6 is 0 Å². The van der Waals surface area contributed by atoms with Crippen molar-refractivity contribution < 1.29 is 9.90 Å². The summed E-state index contributed by atoms with van der Waals surface area (Å²) in [6.07, 6.45) is 5.69. The highest BCUT2D eigenvalue weighted by molar-refractivity contribution is 6.36. The SMILES string of the molecule is Bc1cnn2c(NCCNC(=O)C3(c4ccccc4)CCCC3)cc(-c3ccccc3O)nc12. The molecule has 0 saturated heterocycles. The van der Waals surface area contributed by atoms with Gasteiger partial charge >= 0.3 is 0 Å². The van der Waals surface area contributed by atoms with Crippen LogP contribution in [0, 0.1) is 0 Å². The van der Waals surface area contributed by atoms with E-state index in [0.29, 0.717) is 24.3 Å². The fraction of sp³-hybridized carbons (Fsp3) is 0.269. The molecule has 4 aromatic rings. The van der Waals surface area contributed by atoms with Gasteiger partial charge in [0.15, 0.2) is 5.65 Å². The first-order valence-electron chi connectivity index (χ1n) is 11.8. The smallest absolute Gasteiger partial charge is 0.230 e. The van der Waals surface area contributed by atoms with E-state index in [2.05, 4.69) is 27.9 Å². The van der Waals surface area contributed by atoms with Crippen LogP contribution in [0.2, 0.25) is 0 Å². The van der Waals surface area contributed by atoms with Gasteiger partial charge in [0.1, 0.15) is 19.4 Å². The first kappa shape index (κ1) is 22.0. The molecule has 1 aliphatic rings. The molecule has 1 aliphatic carbocycles. The Balaban J connectivity index is 1.32. The number of fused-ring (bicyclic) bond motifs is 1. The number of amides is 1. The number of anilines is 1. The van der Waals surface area contributed by atoms with Gasteiger partial charge in [-0.2, -0.15) is 9.61 Å². The van der Waals surface area contributed by atoms with Crippen LogP contribution in [0.4, 0.5) is 5.82 Å². The van der Waals surface area contributed by atoms with Gasteiger partial charge in [-0.1, -0.05) is 55.3 Å². The number of hydrogen-bond acceptors (Lipinski definition) is 5. The molecule has 3 N–H and O–H groups in total. The number of carbonyl (C=O) groups excluding carboxylic acids is 1. The number of aromatic nitrogens is 3. The van der Waals surface area contributed by atoms with Crippen LogP contribution in [0.5, 0.6) is 5.75 Å². The highest BCUT2D eigenvalue weighted by atomic mass is 16.3. The van der Waals surface area contributed by atoms with E-state index < -0.39 is 5.41 Å². The molecule has 0 bridgehead atoms. The molecule has 7 nitrogen and oxygen atoms in total. The van der Waals surface area contributed by atoms with Crippen molar-refractivity contribution in [1.82, 2.24) is 19.9 Å². The zero-order valence-corrected chi connectivity index (χ0v) is 19.3. The number of benzene rings is 2. The van der Waals surface area contributed by atoms with Crippen LogP contribution in [-0.2, 0) is 10.2 Å². The monoisotopic (exact) mass is 453 g/mol. The molecule has 172 valence electrons. The average molecular weight is 453 g/mol. The summed E-state index contributed by atoms with van der Waals surface area (Å²) in [6, 6.07) is 19.2. The fourth-order valence-corrected chi connectivity index (χ4v) is 4.95. The first-order chi connectivity index (χ1) is 16.6. The van der Waals surface area contributed by atoms with Crippen molar-refractivity contribution >= 4 is 30.7 Å². The lowest BCUT2D eigenvalue weighted by Gasteiger charge is -2.28. The Morgan fingerprint density at radius 3 is 2.56 bits per heavy atom. The first-order valence-corrected chi connectivity index (χ1v) is 11.8. The largest absolute Gasteiger partial charge is 0.507 e. The summed E-state index contributed by atoms with van der Waals surface area (Å²) in [7, 11) is 1.96. The number of nitrogens with zero attached hydrogens (tertiary/aromatic N) is 3. The van der Waals surface area contributed by atoms with Crippen molar-refractivity contribution in [2.24, 2.45) is 0 Å². The topological polar surface area (TPSA) is 91.5 Å². The van der Waals surface area contributed by atoms with Gasteiger partial charge in [0.25, 0.3) is 0 Å².